The van der Waals surface area contributed by atoms with E-state index in [1.807, 2.05) is 12.1 Å². The molecule has 4 heterocycles. The fourth-order valence-corrected chi connectivity index (χ4v) is 5.96. The first-order chi connectivity index (χ1) is 18.2. The van der Waals surface area contributed by atoms with Gasteiger partial charge in [0.25, 0.3) is 0 Å². The first kappa shape index (κ1) is 25.1. The van der Waals surface area contributed by atoms with E-state index in [2.05, 4.69) is 19.9 Å². The van der Waals surface area contributed by atoms with Gasteiger partial charge in [0, 0.05) is 22.2 Å². The van der Waals surface area contributed by atoms with Gasteiger partial charge >= 0.3 is 12.2 Å². The van der Waals surface area contributed by atoms with Crippen molar-refractivity contribution in [1.29, 1.82) is 0 Å². The minimum Gasteiger partial charge on any atom is -0.467 e. The number of fused-ring (bicyclic) bond motifs is 3. The van der Waals surface area contributed by atoms with E-state index in [1.165, 1.54) is 6.20 Å². The number of rotatable bonds is 6. The summed E-state index contributed by atoms with van der Waals surface area (Å²) < 4.78 is 65.9. The summed E-state index contributed by atoms with van der Waals surface area (Å²) in [5.74, 6) is -1.27. The Hall–Kier alpha value is -3.24. The summed E-state index contributed by atoms with van der Waals surface area (Å²) in [5, 5.41) is 1.71. The van der Waals surface area contributed by atoms with E-state index >= 15 is 4.39 Å². The van der Waals surface area contributed by atoms with E-state index in [0.717, 1.165) is 44.2 Å². The molecule has 0 radical (unpaired) electrons. The molecule has 0 amide bonds. The number of ether oxygens (including phenoxy) is 2. The fraction of sp³-hybridized carbons (Fsp3) is 0.370. The molecule has 0 spiro atoms. The van der Waals surface area contributed by atoms with Crippen LogP contribution in [-0.4, -0.2) is 57.9 Å². The van der Waals surface area contributed by atoms with Gasteiger partial charge in [-0.25, -0.2) is 4.39 Å². The number of pyridine rings is 1. The minimum absolute atomic E-state index is 0.0426. The lowest BCUT2D eigenvalue weighted by atomic mass is 9.95. The van der Waals surface area contributed by atoms with Crippen LogP contribution in [0.3, 0.4) is 0 Å². The van der Waals surface area contributed by atoms with Gasteiger partial charge in [0.15, 0.2) is 12.4 Å². The second-order valence-electron chi connectivity index (χ2n) is 9.75. The van der Waals surface area contributed by atoms with E-state index in [9.17, 15) is 13.2 Å². The number of benzene rings is 2. The average Bonchev–Trinajstić information content (AvgIpc) is 3.47. The van der Waals surface area contributed by atoms with Crippen LogP contribution in [0.2, 0.25) is 5.02 Å². The number of aromatic nitrogens is 3. The highest BCUT2D eigenvalue weighted by Gasteiger charge is 2.45. The minimum atomic E-state index is -4.61. The molecule has 0 N–H and O–H groups in total. The molecule has 0 saturated carbocycles. The van der Waals surface area contributed by atoms with Crippen molar-refractivity contribution in [3.63, 3.8) is 0 Å². The molecule has 38 heavy (non-hydrogen) atoms. The summed E-state index contributed by atoms with van der Waals surface area (Å²) in [6.07, 6.45) is 0.577. The number of alkyl halides is 3. The van der Waals surface area contributed by atoms with Crippen molar-refractivity contribution in [2.75, 3.05) is 26.3 Å². The van der Waals surface area contributed by atoms with Crippen molar-refractivity contribution in [3.05, 3.63) is 53.4 Å². The first-order valence-corrected chi connectivity index (χ1v) is 12.7. The highest BCUT2D eigenvalue weighted by molar-refractivity contribution is 6.36. The normalized spacial score (nSPS) is 17.3. The van der Waals surface area contributed by atoms with Crippen LogP contribution in [0.15, 0.2) is 42.6 Å². The molecule has 2 saturated heterocycles. The molecular formula is C27H23ClF4N4O2. The Morgan fingerprint density at radius 2 is 1.74 bits per heavy atom. The molecule has 2 aromatic heterocycles. The average molecular weight is 547 g/mol. The van der Waals surface area contributed by atoms with Gasteiger partial charge in [0.05, 0.1) is 10.9 Å². The number of hydrogen-bond acceptors (Lipinski definition) is 6. The number of halogens is 5. The monoisotopic (exact) mass is 546 g/mol. The van der Waals surface area contributed by atoms with E-state index in [0.29, 0.717) is 16.0 Å². The zero-order valence-corrected chi connectivity index (χ0v) is 20.9. The maximum Gasteiger partial charge on any atom is 0.422 e. The van der Waals surface area contributed by atoms with Gasteiger partial charge in [-0.15, -0.1) is 0 Å². The molecule has 6 nitrogen and oxygen atoms in total. The summed E-state index contributed by atoms with van der Waals surface area (Å²) in [5.41, 5.74) is -0.0161. The molecule has 0 atom stereocenters. The second kappa shape index (κ2) is 9.50. The van der Waals surface area contributed by atoms with Gasteiger partial charge in [-0.05, 0) is 50.2 Å². The fourth-order valence-electron chi connectivity index (χ4n) is 5.68. The Kier molecular flexibility index (Phi) is 6.26. The second-order valence-corrected chi connectivity index (χ2v) is 10.2. The molecule has 6 rings (SSSR count). The first-order valence-electron chi connectivity index (χ1n) is 12.4. The van der Waals surface area contributed by atoms with E-state index in [4.69, 9.17) is 21.1 Å². The molecule has 0 unspecified atom stereocenters. The molecule has 2 aromatic carbocycles. The Bertz CT molecular complexity index is 1520. The zero-order chi connectivity index (χ0) is 26.5. The topological polar surface area (TPSA) is 60.4 Å². The van der Waals surface area contributed by atoms with Gasteiger partial charge in [0.2, 0.25) is 5.88 Å². The van der Waals surface area contributed by atoms with Crippen molar-refractivity contribution < 1.29 is 27.0 Å². The summed E-state index contributed by atoms with van der Waals surface area (Å²) >= 11 is 6.44. The Morgan fingerprint density at radius 3 is 2.47 bits per heavy atom. The van der Waals surface area contributed by atoms with Crippen LogP contribution in [0.5, 0.6) is 11.9 Å². The van der Waals surface area contributed by atoms with Crippen molar-refractivity contribution in [3.8, 4) is 23.1 Å². The van der Waals surface area contributed by atoms with Crippen LogP contribution >= 0.6 is 11.6 Å². The number of nitrogens with zero attached hydrogens (tertiary/aromatic N) is 4. The smallest absolute Gasteiger partial charge is 0.422 e. The van der Waals surface area contributed by atoms with Gasteiger partial charge in [-0.3, -0.25) is 9.88 Å². The highest BCUT2D eigenvalue weighted by atomic mass is 35.5. The number of hydrogen-bond donors (Lipinski definition) is 0. The Morgan fingerprint density at radius 1 is 1.00 bits per heavy atom. The molecule has 2 fully saturated rings. The zero-order valence-electron chi connectivity index (χ0n) is 20.2. The third kappa shape index (κ3) is 4.49. The highest BCUT2D eigenvalue weighted by Crippen LogP contribution is 2.40. The van der Waals surface area contributed by atoms with E-state index in [-0.39, 0.29) is 34.8 Å². The molecule has 0 bridgehead atoms. The largest absolute Gasteiger partial charge is 0.467 e. The van der Waals surface area contributed by atoms with Crippen molar-refractivity contribution in [2.24, 2.45) is 0 Å². The van der Waals surface area contributed by atoms with Gasteiger partial charge in [0.1, 0.15) is 17.8 Å². The Balaban J connectivity index is 1.45. The SMILES string of the molecule is Fc1c(-c2cccc3cccc(Cl)c23)ncc2c(OCC(F)(F)F)nc(OCC34CCCN3CCC4)nc12. The summed E-state index contributed by atoms with van der Waals surface area (Å²) in [4.78, 5) is 15.0. The molecule has 11 heteroatoms. The standard InChI is InChI=1S/C27H23ClF4N4O2/c28-19-8-2-6-16-5-1-7-17(20(16)19)22-21(29)23-18(13-33-22)24(37-15-27(30,31)32)35-25(34-23)38-14-26-9-3-11-36(26)12-4-10-26/h1-2,5-8,13H,3-4,9-12,14-15H2. The van der Waals surface area contributed by atoms with Crippen LogP contribution < -0.4 is 9.47 Å². The van der Waals surface area contributed by atoms with Crippen LogP contribution in [0.4, 0.5) is 17.6 Å². The predicted molar refractivity (Wildman–Crippen MR) is 135 cm³/mol. The summed E-state index contributed by atoms with van der Waals surface area (Å²) in [6.45, 7) is 0.604. The molecular weight excluding hydrogens is 524 g/mol. The third-order valence-electron chi connectivity index (χ3n) is 7.39. The van der Waals surface area contributed by atoms with Crippen molar-refractivity contribution in [1.82, 2.24) is 19.9 Å². The van der Waals surface area contributed by atoms with Crippen molar-refractivity contribution in [2.45, 2.75) is 37.4 Å². The van der Waals surface area contributed by atoms with Crippen LogP contribution in [-0.2, 0) is 0 Å². The predicted octanol–water partition coefficient (Wildman–Crippen LogP) is 6.59. The molecule has 2 aliphatic heterocycles. The lowest BCUT2D eigenvalue weighted by Crippen LogP contribution is -2.43. The summed E-state index contributed by atoms with van der Waals surface area (Å²) in [7, 11) is 0. The van der Waals surface area contributed by atoms with Gasteiger partial charge in [-0.1, -0.05) is 41.9 Å². The van der Waals surface area contributed by atoms with Crippen molar-refractivity contribution >= 4 is 33.3 Å². The van der Waals surface area contributed by atoms with Crippen LogP contribution in [0.25, 0.3) is 32.9 Å². The van der Waals surface area contributed by atoms with Gasteiger partial charge in [-0.2, -0.15) is 23.1 Å². The molecule has 198 valence electrons. The molecule has 2 aliphatic rings. The maximum atomic E-state index is 16.1. The summed E-state index contributed by atoms with van der Waals surface area (Å²) in [6, 6.07) is 10.4. The Labute approximate surface area is 220 Å². The third-order valence-corrected chi connectivity index (χ3v) is 7.71. The van der Waals surface area contributed by atoms with Crippen LogP contribution in [0.1, 0.15) is 25.7 Å². The van der Waals surface area contributed by atoms with Crippen LogP contribution in [0, 0.1) is 5.82 Å². The van der Waals surface area contributed by atoms with E-state index < -0.39 is 24.5 Å². The lowest BCUT2D eigenvalue weighted by molar-refractivity contribution is -0.153. The molecule has 4 aromatic rings. The maximum absolute atomic E-state index is 16.1. The molecule has 0 aliphatic carbocycles. The van der Waals surface area contributed by atoms with Gasteiger partial charge < -0.3 is 9.47 Å². The quantitative estimate of drug-likeness (QED) is 0.254. The lowest BCUT2D eigenvalue weighted by Gasteiger charge is -2.31. The van der Waals surface area contributed by atoms with E-state index in [1.54, 1.807) is 24.3 Å².